The summed E-state index contributed by atoms with van der Waals surface area (Å²) < 4.78 is 11.8. The van der Waals surface area contributed by atoms with Crippen LogP contribution < -0.4 is 15.4 Å². The maximum absolute atomic E-state index is 6.49. The summed E-state index contributed by atoms with van der Waals surface area (Å²) in [6, 6.07) is 17.6. The highest BCUT2D eigenvalue weighted by Crippen LogP contribution is 2.31. The summed E-state index contributed by atoms with van der Waals surface area (Å²) in [6.07, 6.45) is 4.09. The molecular weight excluding hydrogens is 464 g/mol. The molecule has 9 heteroatoms. The normalized spacial score (nSPS) is 18.7. The van der Waals surface area contributed by atoms with Crippen LogP contribution in [0.5, 0.6) is 5.75 Å². The number of halogens is 1. The highest BCUT2D eigenvalue weighted by atomic mass is 35.5. The molecule has 0 radical (unpaired) electrons. The number of aliphatic imine (C=N–C) groups is 1. The Morgan fingerprint density at radius 3 is 2.89 bits per heavy atom. The molecule has 0 amide bonds. The molecule has 2 unspecified atom stereocenters. The molecule has 4 aromatic rings. The first kappa shape index (κ1) is 21.8. The van der Waals surface area contributed by atoms with Crippen molar-refractivity contribution in [2.24, 2.45) is 4.99 Å². The Labute approximate surface area is 207 Å². The van der Waals surface area contributed by atoms with E-state index in [-0.39, 0.29) is 12.1 Å². The van der Waals surface area contributed by atoms with Crippen molar-refractivity contribution >= 4 is 39.9 Å². The van der Waals surface area contributed by atoms with Gasteiger partial charge in [0.1, 0.15) is 36.6 Å². The molecule has 35 heavy (non-hydrogen) atoms. The summed E-state index contributed by atoms with van der Waals surface area (Å²) in [6.45, 7) is 2.08. The molecule has 2 atom stereocenters. The Morgan fingerprint density at radius 1 is 1.06 bits per heavy atom. The van der Waals surface area contributed by atoms with Crippen LogP contribution in [-0.4, -0.2) is 46.1 Å². The fourth-order valence-corrected chi connectivity index (χ4v) is 4.56. The Balaban J connectivity index is 1.19. The quantitative estimate of drug-likeness (QED) is 0.402. The minimum Gasteiger partial charge on any atom is -0.486 e. The summed E-state index contributed by atoms with van der Waals surface area (Å²) in [5.41, 5.74) is 3.58. The third kappa shape index (κ3) is 4.76. The van der Waals surface area contributed by atoms with Crippen molar-refractivity contribution in [3.63, 3.8) is 0 Å². The van der Waals surface area contributed by atoms with Gasteiger partial charge in [0.05, 0.1) is 16.2 Å². The van der Waals surface area contributed by atoms with Gasteiger partial charge in [-0.05, 0) is 48.0 Å². The first-order valence-corrected chi connectivity index (χ1v) is 11.9. The second-order valence-electron chi connectivity index (χ2n) is 8.54. The second kappa shape index (κ2) is 9.48. The van der Waals surface area contributed by atoms with E-state index in [1.165, 1.54) is 0 Å². The highest BCUT2D eigenvalue weighted by molar-refractivity contribution is 6.32. The van der Waals surface area contributed by atoms with E-state index in [1.807, 2.05) is 42.5 Å². The Kier molecular flexibility index (Phi) is 5.89. The molecule has 4 heterocycles. The number of nitrogens with one attached hydrogen (secondary N) is 2. The van der Waals surface area contributed by atoms with Gasteiger partial charge in [-0.25, -0.2) is 15.0 Å². The summed E-state index contributed by atoms with van der Waals surface area (Å²) in [4.78, 5) is 17.9. The van der Waals surface area contributed by atoms with Gasteiger partial charge in [-0.15, -0.1) is 0 Å². The molecule has 1 fully saturated rings. The highest BCUT2D eigenvalue weighted by Gasteiger charge is 2.34. The monoisotopic (exact) mass is 486 g/mol. The van der Waals surface area contributed by atoms with Crippen LogP contribution in [0, 0.1) is 0 Å². The van der Waals surface area contributed by atoms with Crippen LogP contribution in [0.15, 0.2) is 72.1 Å². The van der Waals surface area contributed by atoms with Gasteiger partial charge in [0.2, 0.25) is 0 Å². The number of fused-ring (bicyclic) bond motifs is 2. The fraction of sp³-hybridized carbons (Fsp3) is 0.231. The summed E-state index contributed by atoms with van der Waals surface area (Å²) in [5.74, 6) is 2.08. The van der Waals surface area contributed by atoms with Gasteiger partial charge in [-0.3, -0.25) is 4.98 Å². The van der Waals surface area contributed by atoms with Crippen molar-refractivity contribution in [2.45, 2.75) is 25.2 Å². The van der Waals surface area contributed by atoms with Crippen molar-refractivity contribution in [2.75, 3.05) is 18.4 Å². The SMILES string of the molecule is Clc1cc(Nc2ncnc3ccc(CC4=NC5CNCC5O4)cc23)ccc1OCc1ccccn1. The Hall–Kier alpha value is -3.75. The van der Waals surface area contributed by atoms with Crippen LogP contribution in [0.25, 0.3) is 10.9 Å². The first-order valence-electron chi connectivity index (χ1n) is 11.5. The molecule has 2 aromatic carbocycles. The Morgan fingerprint density at radius 2 is 2.03 bits per heavy atom. The molecule has 0 saturated carbocycles. The van der Waals surface area contributed by atoms with E-state index >= 15 is 0 Å². The number of nitrogens with zero attached hydrogens (tertiary/aromatic N) is 4. The number of hydrogen-bond acceptors (Lipinski definition) is 8. The van der Waals surface area contributed by atoms with Gasteiger partial charge in [0.15, 0.2) is 5.90 Å². The molecule has 2 aliphatic rings. The van der Waals surface area contributed by atoms with Crippen molar-refractivity contribution in [1.29, 1.82) is 0 Å². The van der Waals surface area contributed by atoms with Gasteiger partial charge < -0.3 is 20.1 Å². The van der Waals surface area contributed by atoms with Crippen LogP contribution in [0.1, 0.15) is 11.3 Å². The molecule has 0 spiro atoms. The summed E-state index contributed by atoms with van der Waals surface area (Å²) >= 11 is 6.49. The molecule has 0 aliphatic carbocycles. The number of aromatic nitrogens is 3. The lowest BCUT2D eigenvalue weighted by Crippen LogP contribution is -2.20. The molecule has 8 nitrogen and oxygen atoms in total. The third-order valence-electron chi connectivity index (χ3n) is 6.08. The largest absolute Gasteiger partial charge is 0.486 e. The zero-order valence-electron chi connectivity index (χ0n) is 18.8. The standard InChI is InChI=1S/C26H23ClN6O2/c27-20-11-17(5-7-23(20)34-14-18-3-1-2-8-29-18)32-26-19-9-16(4-6-21(19)30-15-31-26)10-25-33-22-12-28-13-24(22)35-25/h1-9,11,15,22,24,28H,10,12-14H2,(H,30,31,32). The van der Waals surface area contributed by atoms with E-state index in [0.29, 0.717) is 29.6 Å². The third-order valence-corrected chi connectivity index (χ3v) is 6.37. The molecule has 2 aliphatic heterocycles. The fourth-order valence-electron chi connectivity index (χ4n) is 4.32. The number of benzene rings is 2. The molecular formula is C26H23ClN6O2. The van der Waals surface area contributed by atoms with E-state index in [2.05, 4.69) is 37.7 Å². The van der Waals surface area contributed by atoms with E-state index in [9.17, 15) is 0 Å². The van der Waals surface area contributed by atoms with Crippen molar-refractivity contribution in [3.05, 3.63) is 83.4 Å². The lowest BCUT2D eigenvalue weighted by Gasteiger charge is -2.12. The number of hydrogen-bond donors (Lipinski definition) is 2. The average molecular weight is 487 g/mol. The molecule has 1 saturated heterocycles. The maximum atomic E-state index is 6.49. The Bertz CT molecular complexity index is 1400. The van der Waals surface area contributed by atoms with Crippen LogP contribution in [0.4, 0.5) is 11.5 Å². The smallest absolute Gasteiger partial charge is 0.188 e. The molecule has 0 bridgehead atoms. The van der Waals surface area contributed by atoms with Crippen LogP contribution >= 0.6 is 11.6 Å². The van der Waals surface area contributed by atoms with Crippen molar-refractivity contribution in [3.8, 4) is 5.75 Å². The predicted octanol–water partition coefficient (Wildman–Crippen LogP) is 4.31. The minimum absolute atomic E-state index is 0.159. The average Bonchev–Trinajstić information content (AvgIpc) is 3.47. The van der Waals surface area contributed by atoms with Gasteiger partial charge in [0.25, 0.3) is 0 Å². The molecule has 6 rings (SSSR count). The lowest BCUT2D eigenvalue weighted by atomic mass is 10.1. The number of rotatable bonds is 7. The predicted molar refractivity (Wildman–Crippen MR) is 136 cm³/mol. The van der Waals surface area contributed by atoms with Crippen molar-refractivity contribution < 1.29 is 9.47 Å². The topological polar surface area (TPSA) is 93.6 Å². The van der Waals surface area contributed by atoms with Crippen molar-refractivity contribution in [1.82, 2.24) is 20.3 Å². The molecule has 2 aromatic heterocycles. The molecule has 176 valence electrons. The lowest BCUT2D eigenvalue weighted by molar-refractivity contribution is 0.220. The van der Waals surface area contributed by atoms with E-state index in [1.54, 1.807) is 12.5 Å². The summed E-state index contributed by atoms with van der Waals surface area (Å²) in [5, 5.41) is 8.09. The number of ether oxygens (including phenoxy) is 2. The first-order chi connectivity index (χ1) is 17.2. The minimum atomic E-state index is 0.159. The van der Waals surface area contributed by atoms with E-state index < -0.39 is 0 Å². The van der Waals surface area contributed by atoms with Gasteiger partial charge in [-0.2, -0.15) is 0 Å². The maximum Gasteiger partial charge on any atom is 0.188 e. The van der Waals surface area contributed by atoms with Gasteiger partial charge in [0, 0.05) is 36.8 Å². The second-order valence-corrected chi connectivity index (χ2v) is 8.94. The summed E-state index contributed by atoms with van der Waals surface area (Å²) in [7, 11) is 0. The van der Waals surface area contributed by atoms with E-state index in [0.717, 1.165) is 46.8 Å². The van der Waals surface area contributed by atoms with E-state index in [4.69, 9.17) is 26.1 Å². The zero-order valence-corrected chi connectivity index (χ0v) is 19.6. The zero-order chi connectivity index (χ0) is 23.6. The van der Waals surface area contributed by atoms with Crippen LogP contribution in [-0.2, 0) is 17.8 Å². The van der Waals surface area contributed by atoms with Crippen LogP contribution in [0.2, 0.25) is 5.02 Å². The number of pyridine rings is 1. The van der Waals surface area contributed by atoms with Gasteiger partial charge >= 0.3 is 0 Å². The van der Waals surface area contributed by atoms with Gasteiger partial charge in [-0.1, -0.05) is 23.7 Å². The number of anilines is 2. The molecule has 2 N–H and O–H groups in total. The van der Waals surface area contributed by atoms with Crippen LogP contribution in [0.3, 0.4) is 0 Å².